The summed E-state index contributed by atoms with van der Waals surface area (Å²) >= 11 is 1.98. The summed E-state index contributed by atoms with van der Waals surface area (Å²) in [5, 5.41) is 21.1. The van der Waals surface area contributed by atoms with Crippen molar-refractivity contribution in [3.05, 3.63) is 179 Å². The Labute approximate surface area is 310 Å². The molecule has 0 amide bonds. The highest BCUT2D eigenvalue weighted by Crippen LogP contribution is 2.39. The summed E-state index contributed by atoms with van der Waals surface area (Å²) in [4.78, 5) is 0. The predicted octanol–water partition coefficient (Wildman–Crippen LogP) is 13.4. The molecule has 53 heavy (non-hydrogen) atoms. The first kappa shape index (κ1) is 29.3. The van der Waals surface area contributed by atoms with Crippen molar-refractivity contribution in [2.45, 2.75) is 12.8 Å². The Morgan fingerprint density at radius 3 is 1.45 bits per heavy atom. The summed E-state index contributed by atoms with van der Waals surface area (Å²) in [7, 11) is 0. The van der Waals surface area contributed by atoms with Gasteiger partial charge in [-0.25, -0.2) is 0 Å². The van der Waals surface area contributed by atoms with Crippen LogP contribution in [0.25, 0.3) is 108 Å². The van der Waals surface area contributed by atoms with Gasteiger partial charge in [-0.15, -0.1) is 11.3 Å². The molecule has 0 bridgehead atoms. The second kappa shape index (κ2) is 11.1. The lowest BCUT2D eigenvalue weighted by Gasteiger charge is -2.14. The van der Waals surface area contributed by atoms with Gasteiger partial charge in [0.2, 0.25) is 0 Å². The number of hydrogen-bond acceptors (Lipinski definition) is 1. The zero-order chi connectivity index (χ0) is 34.6. The van der Waals surface area contributed by atoms with Gasteiger partial charge in [0.25, 0.3) is 0 Å². The van der Waals surface area contributed by atoms with E-state index in [2.05, 4.69) is 170 Å². The van der Waals surface area contributed by atoms with E-state index in [1.807, 2.05) is 11.3 Å². The summed E-state index contributed by atoms with van der Waals surface area (Å²) in [5.74, 6) is 0. The predicted molar refractivity (Wildman–Crippen MR) is 232 cm³/mol. The lowest BCUT2D eigenvalue weighted by atomic mass is 9.90. The number of fused-ring (bicyclic) bond motifs is 16. The minimum Gasteiger partial charge on any atom is -0.134 e. The molecule has 0 atom stereocenters. The first-order chi connectivity index (χ1) is 26.3. The maximum atomic E-state index is 2.47. The van der Waals surface area contributed by atoms with Gasteiger partial charge < -0.3 is 0 Å². The third-order valence-corrected chi connectivity index (χ3v) is 13.2. The summed E-state index contributed by atoms with van der Waals surface area (Å²) < 4.78 is 2.85. The maximum absolute atomic E-state index is 2.47. The fourth-order valence-electron chi connectivity index (χ4n) is 9.34. The van der Waals surface area contributed by atoms with E-state index in [1.165, 1.54) is 118 Å². The maximum Gasteiger partial charge on any atom is 0.0433 e. The Morgan fingerprint density at radius 2 is 0.774 bits per heavy atom. The highest BCUT2D eigenvalue weighted by molar-refractivity contribution is 7.18. The van der Waals surface area contributed by atoms with Crippen LogP contribution in [0.1, 0.15) is 18.4 Å². The van der Waals surface area contributed by atoms with Crippen molar-refractivity contribution in [3.63, 3.8) is 0 Å². The summed E-state index contributed by atoms with van der Waals surface area (Å²) in [6.07, 6.45) is 4.60. The van der Waals surface area contributed by atoms with Gasteiger partial charge in [0.15, 0.2) is 0 Å². The van der Waals surface area contributed by atoms with Gasteiger partial charge in [-0.1, -0.05) is 152 Å². The van der Waals surface area contributed by atoms with Crippen molar-refractivity contribution in [3.8, 4) is 11.1 Å². The Morgan fingerprint density at radius 1 is 0.340 bits per heavy atom. The number of hydrogen-bond donors (Lipinski definition) is 0. The number of thiophene rings is 1. The van der Waals surface area contributed by atoms with Gasteiger partial charge in [-0.3, -0.25) is 0 Å². The first-order valence-corrected chi connectivity index (χ1v) is 19.5. The van der Waals surface area contributed by atoms with Crippen molar-refractivity contribution in [2.75, 3.05) is 0 Å². The molecule has 246 valence electrons. The smallest absolute Gasteiger partial charge is 0.0433 e. The highest BCUT2D eigenvalue weighted by Gasteiger charge is 2.16. The molecule has 1 aliphatic carbocycles. The Bertz CT molecular complexity index is 3470. The molecule has 0 fully saturated rings. The standard InChI is InChI=1S/C52H32S/c1-2-9-37-31(8-1)22-27-47-46-15-7-14-38(52(46)53-51(37)47)36-19-17-33-21-24-43-44(49(33)30-36)25-20-32-16-18-34(28-48(32)43)35-23-26-45-41-12-4-3-10-39(41)40-11-5-6-13-42(40)50(45)29-35/h1-6,8-13,15-30H,7,14H2. The van der Waals surface area contributed by atoms with Crippen LogP contribution in [0.2, 0.25) is 0 Å². The van der Waals surface area contributed by atoms with E-state index < -0.39 is 0 Å². The van der Waals surface area contributed by atoms with Crippen LogP contribution in [-0.2, 0) is 0 Å². The monoisotopic (exact) mass is 688 g/mol. The van der Waals surface area contributed by atoms with Crippen molar-refractivity contribution in [2.24, 2.45) is 0 Å². The average molecular weight is 689 g/mol. The van der Waals surface area contributed by atoms with E-state index in [9.17, 15) is 0 Å². The molecule has 0 aliphatic heterocycles. The minimum absolute atomic E-state index is 1.07. The largest absolute Gasteiger partial charge is 0.134 e. The molecule has 11 aromatic rings. The van der Waals surface area contributed by atoms with Crippen molar-refractivity contribution in [1.82, 2.24) is 0 Å². The molecule has 0 saturated carbocycles. The Balaban J connectivity index is 1.05. The van der Waals surface area contributed by atoms with E-state index in [-0.39, 0.29) is 0 Å². The molecule has 0 nitrogen and oxygen atoms in total. The van der Waals surface area contributed by atoms with E-state index in [1.54, 1.807) is 0 Å². The van der Waals surface area contributed by atoms with Crippen LogP contribution in [0.5, 0.6) is 0 Å². The van der Waals surface area contributed by atoms with E-state index >= 15 is 0 Å². The molecule has 0 saturated heterocycles. The third-order valence-electron chi connectivity index (χ3n) is 11.9. The molecule has 0 spiro atoms. The summed E-state index contributed by atoms with van der Waals surface area (Å²) in [6, 6.07) is 61.6. The lowest BCUT2D eigenvalue weighted by Crippen LogP contribution is -2.25. The second-order valence-electron chi connectivity index (χ2n) is 14.7. The van der Waals surface area contributed by atoms with Crippen LogP contribution in [-0.4, -0.2) is 0 Å². The van der Waals surface area contributed by atoms with Gasteiger partial charge in [0.1, 0.15) is 0 Å². The summed E-state index contributed by atoms with van der Waals surface area (Å²) in [6.45, 7) is 0. The topological polar surface area (TPSA) is 0 Å². The molecule has 1 heteroatoms. The van der Waals surface area contributed by atoms with Gasteiger partial charge >= 0.3 is 0 Å². The quantitative estimate of drug-likeness (QED) is 0.159. The van der Waals surface area contributed by atoms with E-state index in [0.29, 0.717) is 0 Å². The highest BCUT2D eigenvalue weighted by atomic mass is 32.1. The van der Waals surface area contributed by atoms with Crippen molar-refractivity contribution in [1.29, 1.82) is 0 Å². The molecule has 1 aromatic heterocycles. The molecular weight excluding hydrogens is 657 g/mol. The van der Waals surface area contributed by atoms with Crippen LogP contribution < -0.4 is 9.75 Å². The summed E-state index contributed by atoms with van der Waals surface area (Å²) in [5.41, 5.74) is 5.32. The lowest BCUT2D eigenvalue weighted by molar-refractivity contribution is 1.09. The molecular formula is C52H32S. The minimum atomic E-state index is 1.07. The molecule has 0 N–H and O–H groups in total. The van der Waals surface area contributed by atoms with Gasteiger partial charge in [-0.05, 0) is 134 Å². The fourth-order valence-corrected chi connectivity index (χ4v) is 10.8. The molecule has 10 aromatic carbocycles. The van der Waals surface area contributed by atoms with Crippen LogP contribution >= 0.6 is 11.3 Å². The SMILES string of the molecule is C1=c2c(sc3c2ccc2ccccc23)=C(c2ccc3ccc4c5cc(-c6ccc7c8ccccc8c8ccccc8c7c6)ccc5ccc4c3c2)CC1. The van der Waals surface area contributed by atoms with Crippen LogP contribution in [0.15, 0.2) is 164 Å². The van der Waals surface area contributed by atoms with Crippen molar-refractivity contribution >= 4 is 108 Å². The molecule has 12 rings (SSSR count). The Kier molecular flexibility index (Phi) is 6.14. The van der Waals surface area contributed by atoms with Crippen LogP contribution in [0.3, 0.4) is 0 Å². The van der Waals surface area contributed by atoms with E-state index in [0.717, 1.165) is 12.8 Å². The zero-order valence-electron chi connectivity index (χ0n) is 29.0. The first-order valence-electron chi connectivity index (χ1n) is 18.6. The second-order valence-corrected chi connectivity index (χ2v) is 15.7. The number of benzene rings is 10. The molecule has 0 radical (unpaired) electrons. The van der Waals surface area contributed by atoms with Gasteiger partial charge in [-0.2, -0.15) is 0 Å². The van der Waals surface area contributed by atoms with Gasteiger partial charge in [0, 0.05) is 14.6 Å². The van der Waals surface area contributed by atoms with Crippen LogP contribution in [0.4, 0.5) is 0 Å². The zero-order valence-corrected chi connectivity index (χ0v) is 29.8. The fraction of sp³-hybridized carbons (Fsp3) is 0.0385. The van der Waals surface area contributed by atoms with Crippen LogP contribution in [0, 0.1) is 0 Å². The third kappa shape index (κ3) is 4.29. The number of rotatable bonds is 2. The normalized spacial score (nSPS) is 13.2. The molecule has 1 aliphatic rings. The molecule has 0 unspecified atom stereocenters. The van der Waals surface area contributed by atoms with Crippen molar-refractivity contribution < 1.29 is 0 Å². The van der Waals surface area contributed by atoms with Gasteiger partial charge in [0.05, 0.1) is 0 Å². The van der Waals surface area contributed by atoms with E-state index in [4.69, 9.17) is 0 Å². The average Bonchev–Trinajstić information content (AvgIpc) is 3.63. The molecule has 1 heterocycles. The Hall–Kier alpha value is -6.28.